The first-order valence-corrected chi connectivity index (χ1v) is 6.14. The van der Waals surface area contributed by atoms with Crippen LogP contribution in [0.5, 0.6) is 0 Å². The first-order chi connectivity index (χ1) is 8.97. The molecule has 0 unspecified atom stereocenters. The van der Waals surface area contributed by atoms with Gasteiger partial charge in [-0.1, -0.05) is 0 Å². The van der Waals surface area contributed by atoms with Gasteiger partial charge in [-0.2, -0.15) is 0 Å². The zero-order chi connectivity index (χ0) is 14.8. The van der Waals surface area contributed by atoms with Crippen molar-refractivity contribution in [2.75, 3.05) is 19.8 Å². The zero-order valence-corrected chi connectivity index (χ0v) is 11.4. The Labute approximate surface area is 111 Å². The average Bonchev–Trinajstić information content (AvgIpc) is 2.36. The van der Waals surface area contributed by atoms with E-state index in [1.807, 2.05) is 0 Å². The van der Waals surface area contributed by atoms with E-state index in [0.29, 0.717) is 0 Å². The number of carbonyl (C=O) groups is 3. The van der Waals surface area contributed by atoms with Crippen molar-refractivity contribution in [3.8, 4) is 0 Å². The van der Waals surface area contributed by atoms with Gasteiger partial charge in [0.05, 0.1) is 26.2 Å². The van der Waals surface area contributed by atoms with Crippen molar-refractivity contribution in [2.45, 2.75) is 33.3 Å². The van der Waals surface area contributed by atoms with Gasteiger partial charge < -0.3 is 19.3 Å². The first-order valence-electron chi connectivity index (χ1n) is 6.14. The normalized spacial score (nSPS) is 13.3. The molecule has 0 bridgehead atoms. The van der Waals surface area contributed by atoms with E-state index in [0.717, 1.165) is 0 Å². The standard InChI is InChI=1S/C12H20O7/c1-4-17-9(13)7-8(11(15)18-5-2)10(14)12(16)19-6-3/h8,10,14H,4-7H2,1-3H3/t8-,10-/m0/s1. The van der Waals surface area contributed by atoms with Crippen LogP contribution in [0.2, 0.25) is 0 Å². The number of hydrogen-bond donors (Lipinski definition) is 1. The second-order valence-corrected chi connectivity index (χ2v) is 3.56. The number of carbonyl (C=O) groups excluding carboxylic acids is 3. The molecule has 0 aliphatic heterocycles. The summed E-state index contributed by atoms with van der Waals surface area (Å²) in [6.07, 6.45) is -2.18. The third-order valence-corrected chi connectivity index (χ3v) is 2.19. The lowest BCUT2D eigenvalue weighted by atomic mass is 9.98. The molecular formula is C12H20O7. The van der Waals surface area contributed by atoms with Crippen molar-refractivity contribution >= 4 is 17.9 Å². The first kappa shape index (κ1) is 17.4. The van der Waals surface area contributed by atoms with Gasteiger partial charge in [0.1, 0.15) is 5.92 Å². The minimum Gasteiger partial charge on any atom is -0.466 e. The van der Waals surface area contributed by atoms with E-state index in [4.69, 9.17) is 4.74 Å². The number of rotatable bonds is 8. The molecule has 0 heterocycles. The summed E-state index contributed by atoms with van der Waals surface area (Å²) in [6.45, 7) is 5.03. The van der Waals surface area contributed by atoms with Gasteiger partial charge in [-0.25, -0.2) is 4.79 Å². The lowest BCUT2D eigenvalue weighted by Gasteiger charge is -2.19. The Hall–Kier alpha value is -1.63. The quantitative estimate of drug-likeness (QED) is 0.493. The predicted octanol–water partition coefficient (Wildman–Crippen LogP) is 0.0429. The summed E-state index contributed by atoms with van der Waals surface area (Å²) in [6, 6.07) is 0. The number of aliphatic hydroxyl groups is 1. The molecule has 0 aromatic carbocycles. The van der Waals surface area contributed by atoms with Crippen LogP contribution >= 0.6 is 0 Å². The molecule has 0 fully saturated rings. The van der Waals surface area contributed by atoms with Crippen LogP contribution in [0.1, 0.15) is 27.2 Å². The van der Waals surface area contributed by atoms with Crippen LogP contribution < -0.4 is 0 Å². The van der Waals surface area contributed by atoms with Crippen LogP contribution in [0.15, 0.2) is 0 Å². The fraction of sp³-hybridized carbons (Fsp3) is 0.750. The fourth-order valence-corrected chi connectivity index (χ4v) is 1.36. The molecule has 1 N–H and O–H groups in total. The van der Waals surface area contributed by atoms with Crippen LogP contribution in [-0.4, -0.2) is 48.9 Å². The second kappa shape index (κ2) is 9.32. The highest BCUT2D eigenvalue weighted by Crippen LogP contribution is 2.14. The minimum atomic E-state index is -1.75. The van der Waals surface area contributed by atoms with E-state index >= 15 is 0 Å². The molecule has 19 heavy (non-hydrogen) atoms. The minimum absolute atomic E-state index is 0.0604. The Morgan fingerprint density at radius 1 is 0.895 bits per heavy atom. The van der Waals surface area contributed by atoms with Gasteiger partial charge >= 0.3 is 17.9 Å². The lowest BCUT2D eigenvalue weighted by Crippen LogP contribution is -2.38. The summed E-state index contributed by atoms with van der Waals surface area (Å²) in [5.41, 5.74) is 0. The third-order valence-electron chi connectivity index (χ3n) is 2.19. The smallest absolute Gasteiger partial charge is 0.335 e. The summed E-state index contributed by atoms with van der Waals surface area (Å²) in [5, 5.41) is 9.74. The molecule has 7 nitrogen and oxygen atoms in total. The van der Waals surface area contributed by atoms with E-state index in [2.05, 4.69) is 9.47 Å². The van der Waals surface area contributed by atoms with Crippen LogP contribution in [0, 0.1) is 5.92 Å². The molecule has 0 aliphatic carbocycles. The summed E-state index contributed by atoms with van der Waals surface area (Å²) in [4.78, 5) is 34.4. The monoisotopic (exact) mass is 276 g/mol. The molecule has 2 atom stereocenters. The average molecular weight is 276 g/mol. The highest BCUT2D eigenvalue weighted by molar-refractivity contribution is 5.87. The largest absolute Gasteiger partial charge is 0.466 e. The Morgan fingerprint density at radius 2 is 1.37 bits per heavy atom. The van der Waals surface area contributed by atoms with E-state index in [9.17, 15) is 19.5 Å². The Bertz CT molecular complexity index is 313. The van der Waals surface area contributed by atoms with Gasteiger partial charge in [-0.05, 0) is 20.8 Å². The van der Waals surface area contributed by atoms with Gasteiger partial charge in [-0.15, -0.1) is 0 Å². The number of aliphatic hydroxyl groups excluding tert-OH is 1. The molecular weight excluding hydrogens is 256 g/mol. The molecule has 0 spiro atoms. The third kappa shape index (κ3) is 6.19. The maximum Gasteiger partial charge on any atom is 0.335 e. The van der Waals surface area contributed by atoms with Gasteiger partial charge in [0, 0.05) is 0 Å². The maximum absolute atomic E-state index is 11.6. The molecule has 0 aromatic heterocycles. The molecule has 0 radical (unpaired) electrons. The summed E-state index contributed by atoms with van der Waals surface area (Å²) < 4.78 is 14.0. The lowest BCUT2D eigenvalue weighted by molar-refractivity contribution is -0.169. The summed E-state index contributed by atoms with van der Waals surface area (Å²) >= 11 is 0. The molecule has 0 aliphatic rings. The van der Waals surface area contributed by atoms with Gasteiger partial charge in [0.15, 0.2) is 6.10 Å². The summed E-state index contributed by atoms with van der Waals surface area (Å²) in [7, 11) is 0. The molecule has 7 heteroatoms. The van der Waals surface area contributed by atoms with Crippen LogP contribution in [-0.2, 0) is 28.6 Å². The SMILES string of the molecule is CCOC(=O)C[C@H](C(=O)OCC)[C@H](O)C(=O)OCC. The molecule has 0 saturated carbocycles. The molecule has 0 saturated heterocycles. The highest BCUT2D eigenvalue weighted by Gasteiger charge is 2.36. The topological polar surface area (TPSA) is 99.1 Å². The molecule has 0 rings (SSSR count). The molecule has 0 amide bonds. The van der Waals surface area contributed by atoms with Crippen LogP contribution in [0.3, 0.4) is 0 Å². The van der Waals surface area contributed by atoms with Crippen LogP contribution in [0.25, 0.3) is 0 Å². The fourth-order valence-electron chi connectivity index (χ4n) is 1.36. The van der Waals surface area contributed by atoms with Crippen molar-refractivity contribution in [1.29, 1.82) is 0 Å². The van der Waals surface area contributed by atoms with Crippen molar-refractivity contribution in [2.24, 2.45) is 5.92 Å². The Balaban J connectivity index is 4.79. The van der Waals surface area contributed by atoms with Gasteiger partial charge in [0.2, 0.25) is 0 Å². The predicted molar refractivity (Wildman–Crippen MR) is 64.0 cm³/mol. The van der Waals surface area contributed by atoms with Crippen LogP contribution in [0.4, 0.5) is 0 Å². The van der Waals surface area contributed by atoms with E-state index < -0.39 is 36.4 Å². The molecule has 0 aromatic rings. The Kier molecular flexibility index (Phi) is 8.52. The highest BCUT2D eigenvalue weighted by atomic mass is 16.6. The zero-order valence-electron chi connectivity index (χ0n) is 11.4. The second-order valence-electron chi connectivity index (χ2n) is 3.56. The van der Waals surface area contributed by atoms with Gasteiger partial charge in [-0.3, -0.25) is 9.59 Å². The number of hydrogen-bond acceptors (Lipinski definition) is 7. The summed E-state index contributed by atoms with van der Waals surface area (Å²) in [5.74, 6) is -3.82. The Morgan fingerprint density at radius 3 is 1.84 bits per heavy atom. The maximum atomic E-state index is 11.6. The van der Waals surface area contributed by atoms with Crippen molar-refractivity contribution in [3.05, 3.63) is 0 Å². The molecule has 110 valence electrons. The van der Waals surface area contributed by atoms with E-state index in [1.54, 1.807) is 20.8 Å². The van der Waals surface area contributed by atoms with Crippen molar-refractivity contribution in [3.63, 3.8) is 0 Å². The number of esters is 3. The van der Waals surface area contributed by atoms with Gasteiger partial charge in [0.25, 0.3) is 0 Å². The van der Waals surface area contributed by atoms with E-state index in [1.165, 1.54) is 0 Å². The van der Waals surface area contributed by atoms with E-state index in [-0.39, 0.29) is 19.8 Å². The number of ether oxygens (including phenoxy) is 3. The van der Waals surface area contributed by atoms with Crippen molar-refractivity contribution < 1.29 is 33.7 Å². The van der Waals surface area contributed by atoms with Crippen molar-refractivity contribution in [1.82, 2.24) is 0 Å².